The number of Topliss-reactive ketones (excluding diaryl/α,β-unsaturated/α-hetero) is 1. The molecule has 0 bridgehead atoms. The first kappa shape index (κ1) is 41.7. The maximum Gasteiger partial charge on any atom is 0.307 e. The maximum absolute atomic E-state index is 13.2. The van der Waals surface area contributed by atoms with Crippen LogP contribution in [0.2, 0.25) is 0 Å². The Hall–Kier alpha value is -4.47. The second-order valence-electron chi connectivity index (χ2n) is 13.5. The number of hydrogen-bond acceptors (Lipinski definition) is 6. The van der Waals surface area contributed by atoms with Gasteiger partial charge in [-0.3, -0.25) is 24.0 Å². The van der Waals surface area contributed by atoms with Crippen LogP contribution < -0.4 is 15.4 Å². The van der Waals surface area contributed by atoms with Gasteiger partial charge in [-0.1, -0.05) is 52.2 Å². The number of methoxy groups -OCH3 is 1. The van der Waals surface area contributed by atoms with Gasteiger partial charge < -0.3 is 25.6 Å². The summed E-state index contributed by atoms with van der Waals surface area (Å²) in [6.07, 6.45) is 5.79. The molecule has 0 aromatic heterocycles. The molecule has 0 radical (unpaired) electrons. The third-order valence-corrected chi connectivity index (χ3v) is 9.99. The Morgan fingerprint density at radius 1 is 0.720 bits per heavy atom. The quantitative estimate of drug-likeness (QED) is 0.0706. The van der Waals surface area contributed by atoms with E-state index in [1.165, 1.54) is 12.5 Å². The second-order valence-corrected chi connectivity index (χ2v) is 13.5. The van der Waals surface area contributed by atoms with E-state index in [4.69, 9.17) is 4.74 Å². The average Bonchev–Trinajstić information content (AvgIpc) is 3.07. The standard InChI is InChI=1S/C40H56N2O8/c1-8-25(3)11-10-12-26(4)34(36(40(48)49)24-38(45)42-31-18-20-32(50-7)21-19-31)22-13-27(5)33(9-2)35(39(46)47)23-37(44)41-30-16-14-29(15-17-30)28(6)43/h11,14-21,26-27,33-36H,8-10,12-13,22-24H2,1-7H3,(H,41,44)(H,42,45)(H,46,47)(H,48,49)/b25-11-. The van der Waals surface area contributed by atoms with Crippen molar-refractivity contribution in [1.82, 2.24) is 0 Å². The zero-order valence-electron chi connectivity index (χ0n) is 30.7. The fourth-order valence-corrected chi connectivity index (χ4v) is 6.72. The van der Waals surface area contributed by atoms with E-state index in [-0.39, 0.29) is 42.3 Å². The van der Waals surface area contributed by atoms with Gasteiger partial charge in [0.05, 0.1) is 18.9 Å². The Bertz CT molecular complexity index is 1450. The zero-order valence-corrected chi connectivity index (χ0v) is 30.7. The average molecular weight is 693 g/mol. The fraction of sp³-hybridized carbons (Fsp3) is 0.525. The SMILES string of the molecule is CC/C(C)=C\CCC(C)C(CCC(C)C(CC)C(CC(=O)Nc1ccc(C(C)=O)cc1)C(=O)O)C(CC(=O)Nc1ccc(OC)cc1)C(=O)O. The molecule has 0 spiro atoms. The summed E-state index contributed by atoms with van der Waals surface area (Å²) in [5, 5.41) is 26.2. The van der Waals surface area contributed by atoms with Gasteiger partial charge in [0.25, 0.3) is 0 Å². The molecule has 2 aromatic rings. The predicted molar refractivity (Wildman–Crippen MR) is 196 cm³/mol. The highest BCUT2D eigenvalue weighted by atomic mass is 16.5. The number of carboxylic acids is 2. The summed E-state index contributed by atoms with van der Waals surface area (Å²) in [7, 11) is 1.55. The van der Waals surface area contributed by atoms with Gasteiger partial charge in [-0.2, -0.15) is 0 Å². The summed E-state index contributed by atoms with van der Waals surface area (Å²) >= 11 is 0. The molecule has 2 amide bonds. The minimum atomic E-state index is -1.06. The van der Waals surface area contributed by atoms with Crippen molar-refractivity contribution in [3.63, 3.8) is 0 Å². The first-order valence-corrected chi connectivity index (χ1v) is 17.7. The predicted octanol–water partition coefficient (Wildman–Crippen LogP) is 8.49. The lowest BCUT2D eigenvalue weighted by atomic mass is 9.71. The molecule has 0 aliphatic heterocycles. The lowest BCUT2D eigenvalue weighted by Gasteiger charge is -2.33. The highest BCUT2D eigenvalue weighted by Gasteiger charge is 2.37. The maximum atomic E-state index is 13.2. The van der Waals surface area contributed by atoms with Gasteiger partial charge in [0.1, 0.15) is 5.75 Å². The molecule has 4 N–H and O–H groups in total. The Kier molecular flexibility index (Phi) is 17.4. The van der Waals surface area contributed by atoms with Crippen molar-refractivity contribution in [2.75, 3.05) is 17.7 Å². The number of hydrogen-bond donors (Lipinski definition) is 4. The molecule has 0 saturated heterocycles. The van der Waals surface area contributed by atoms with Crippen LogP contribution in [-0.4, -0.2) is 46.9 Å². The molecule has 0 heterocycles. The molecule has 2 aromatic carbocycles. The monoisotopic (exact) mass is 692 g/mol. The van der Waals surface area contributed by atoms with Crippen molar-refractivity contribution in [3.8, 4) is 5.75 Å². The minimum Gasteiger partial charge on any atom is -0.497 e. The van der Waals surface area contributed by atoms with Gasteiger partial charge >= 0.3 is 11.9 Å². The molecule has 10 nitrogen and oxygen atoms in total. The number of carbonyl (C=O) groups excluding carboxylic acids is 3. The van der Waals surface area contributed by atoms with E-state index in [2.05, 4.69) is 30.6 Å². The molecule has 0 saturated carbocycles. The van der Waals surface area contributed by atoms with Crippen molar-refractivity contribution in [1.29, 1.82) is 0 Å². The number of allylic oxidation sites excluding steroid dienone is 2. The van der Waals surface area contributed by atoms with E-state index in [1.54, 1.807) is 55.6 Å². The number of aliphatic carboxylic acids is 2. The van der Waals surface area contributed by atoms with Crippen LogP contribution in [0.5, 0.6) is 5.75 Å². The Balaban J connectivity index is 2.23. The Morgan fingerprint density at radius 3 is 1.64 bits per heavy atom. The van der Waals surface area contributed by atoms with Gasteiger partial charge in [-0.15, -0.1) is 0 Å². The van der Waals surface area contributed by atoms with Gasteiger partial charge in [-0.25, -0.2) is 0 Å². The minimum absolute atomic E-state index is 0.0199. The summed E-state index contributed by atoms with van der Waals surface area (Å²) in [6.45, 7) is 11.5. The summed E-state index contributed by atoms with van der Waals surface area (Å²) in [6, 6.07) is 13.3. The van der Waals surface area contributed by atoms with E-state index in [0.717, 1.165) is 19.3 Å². The molecule has 50 heavy (non-hydrogen) atoms. The lowest BCUT2D eigenvalue weighted by Crippen LogP contribution is -2.34. The molecular weight excluding hydrogens is 636 g/mol. The largest absolute Gasteiger partial charge is 0.497 e. The first-order chi connectivity index (χ1) is 23.7. The number of ether oxygens (including phenoxy) is 1. The highest BCUT2D eigenvalue weighted by molar-refractivity contribution is 5.96. The van der Waals surface area contributed by atoms with E-state index >= 15 is 0 Å². The van der Waals surface area contributed by atoms with Crippen LogP contribution in [0.4, 0.5) is 11.4 Å². The smallest absolute Gasteiger partial charge is 0.307 e. The van der Waals surface area contributed by atoms with Crippen molar-refractivity contribution in [3.05, 3.63) is 65.7 Å². The van der Waals surface area contributed by atoms with Crippen molar-refractivity contribution in [2.45, 2.75) is 92.9 Å². The molecule has 10 heteroatoms. The normalized spacial score (nSPS) is 15.1. The van der Waals surface area contributed by atoms with E-state index in [1.807, 2.05) is 20.8 Å². The number of benzene rings is 2. The van der Waals surface area contributed by atoms with Crippen LogP contribution in [0.3, 0.4) is 0 Å². The van der Waals surface area contributed by atoms with Crippen molar-refractivity contribution in [2.24, 2.45) is 35.5 Å². The van der Waals surface area contributed by atoms with Gasteiger partial charge in [-0.05, 0) is 112 Å². The summed E-state index contributed by atoms with van der Waals surface area (Å²) in [4.78, 5) is 63.0. The number of carbonyl (C=O) groups is 5. The van der Waals surface area contributed by atoms with Crippen LogP contribution in [0.25, 0.3) is 0 Å². The van der Waals surface area contributed by atoms with E-state index in [9.17, 15) is 34.2 Å². The van der Waals surface area contributed by atoms with Crippen LogP contribution in [-0.2, 0) is 19.2 Å². The number of carboxylic acid groups (broad SMARTS) is 2. The Morgan fingerprint density at radius 2 is 1.20 bits per heavy atom. The molecule has 6 atom stereocenters. The molecule has 0 aliphatic carbocycles. The molecular formula is C40H56N2O8. The van der Waals surface area contributed by atoms with E-state index < -0.39 is 35.6 Å². The zero-order chi connectivity index (χ0) is 37.4. The van der Waals surface area contributed by atoms with Gasteiger partial charge in [0, 0.05) is 29.8 Å². The molecule has 6 unspecified atom stereocenters. The summed E-state index contributed by atoms with van der Waals surface area (Å²) in [5.41, 5.74) is 2.79. The summed E-state index contributed by atoms with van der Waals surface area (Å²) in [5.74, 6) is -5.12. The molecule has 0 fully saturated rings. The van der Waals surface area contributed by atoms with Gasteiger partial charge in [0.2, 0.25) is 11.8 Å². The topological polar surface area (TPSA) is 159 Å². The number of ketones is 1. The van der Waals surface area contributed by atoms with Crippen molar-refractivity contribution >= 4 is 40.9 Å². The second kappa shape index (κ2) is 20.9. The van der Waals surface area contributed by atoms with Crippen LogP contribution in [0.15, 0.2) is 60.2 Å². The fourth-order valence-electron chi connectivity index (χ4n) is 6.72. The highest BCUT2D eigenvalue weighted by Crippen LogP contribution is 2.37. The molecule has 274 valence electrons. The van der Waals surface area contributed by atoms with E-state index in [0.29, 0.717) is 42.0 Å². The van der Waals surface area contributed by atoms with Crippen molar-refractivity contribution < 1.29 is 38.9 Å². The first-order valence-electron chi connectivity index (χ1n) is 17.7. The number of anilines is 2. The van der Waals surface area contributed by atoms with Crippen LogP contribution in [0, 0.1) is 35.5 Å². The third-order valence-electron chi connectivity index (χ3n) is 9.99. The summed E-state index contributed by atoms with van der Waals surface area (Å²) < 4.78 is 5.18. The van der Waals surface area contributed by atoms with Gasteiger partial charge in [0.15, 0.2) is 5.78 Å². The molecule has 0 aliphatic rings. The van der Waals surface area contributed by atoms with Crippen LogP contribution in [0.1, 0.15) is 103 Å². The lowest BCUT2D eigenvalue weighted by molar-refractivity contribution is -0.146. The number of nitrogens with one attached hydrogen (secondary N) is 2. The number of amides is 2. The third kappa shape index (κ3) is 13.4. The van der Waals surface area contributed by atoms with Crippen LogP contribution >= 0.6 is 0 Å². The number of rotatable bonds is 22. The Labute approximate surface area is 297 Å². The molecule has 2 rings (SSSR count).